The molecule has 0 fully saturated rings. The van der Waals surface area contributed by atoms with E-state index < -0.39 is 0 Å². The summed E-state index contributed by atoms with van der Waals surface area (Å²) in [6.07, 6.45) is 0. The topological polar surface area (TPSA) is 69.9 Å². The lowest BCUT2D eigenvalue weighted by Gasteiger charge is -2.14. The number of benzene rings is 2. The smallest absolute Gasteiger partial charge is 0.240 e. The van der Waals surface area contributed by atoms with E-state index in [2.05, 4.69) is 10.1 Å². The van der Waals surface area contributed by atoms with E-state index in [0.717, 1.165) is 11.5 Å². The second kappa shape index (κ2) is 9.70. The maximum atomic E-state index is 12.9. The summed E-state index contributed by atoms with van der Waals surface area (Å²) in [4.78, 5) is 6.31. The molecule has 0 unspecified atom stereocenters. The molecule has 2 aromatic carbocycles. The van der Waals surface area contributed by atoms with E-state index in [1.807, 2.05) is 36.2 Å². The van der Waals surface area contributed by atoms with E-state index in [4.69, 9.17) is 18.7 Å². The predicted molar refractivity (Wildman–Crippen MR) is 99.9 cm³/mol. The molecule has 0 aliphatic carbocycles. The second-order valence-corrected chi connectivity index (χ2v) is 6.11. The predicted octanol–water partition coefficient (Wildman–Crippen LogP) is 3.31. The first-order valence-electron chi connectivity index (χ1n) is 8.77. The Morgan fingerprint density at radius 1 is 0.964 bits per heavy atom. The van der Waals surface area contributed by atoms with Gasteiger partial charge in [0.1, 0.15) is 29.7 Å². The van der Waals surface area contributed by atoms with Gasteiger partial charge in [-0.05, 0) is 55.6 Å². The van der Waals surface area contributed by atoms with Crippen LogP contribution < -0.4 is 14.2 Å². The van der Waals surface area contributed by atoms with Crippen molar-refractivity contribution < 1.29 is 23.1 Å². The van der Waals surface area contributed by atoms with Crippen LogP contribution in [0, 0.1) is 5.82 Å². The van der Waals surface area contributed by atoms with Crippen molar-refractivity contribution >= 4 is 0 Å². The largest absolute Gasteiger partial charge is 0.497 e. The maximum Gasteiger partial charge on any atom is 0.240 e. The van der Waals surface area contributed by atoms with E-state index in [-0.39, 0.29) is 12.4 Å². The molecule has 8 heteroatoms. The van der Waals surface area contributed by atoms with Gasteiger partial charge in [0.15, 0.2) is 6.61 Å². The number of rotatable bonds is 10. The number of ether oxygens (including phenoxy) is 3. The van der Waals surface area contributed by atoms with Gasteiger partial charge in [-0.3, -0.25) is 4.90 Å². The zero-order chi connectivity index (χ0) is 19.8. The SMILES string of the molecule is COc1ccc(OCCN(C)Cc2nc(COc3ccc(F)cc3)no2)cc1. The van der Waals surface area contributed by atoms with Crippen LogP contribution in [0.2, 0.25) is 0 Å². The van der Waals surface area contributed by atoms with Crippen LogP contribution in [0.4, 0.5) is 4.39 Å². The van der Waals surface area contributed by atoms with Crippen molar-refractivity contribution in [1.29, 1.82) is 0 Å². The van der Waals surface area contributed by atoms with Gasteiger partial charge in [0, 0.05) is 6.54 Å². The van der Waals surface area contributed by atoms with Gasteiger partial charge in [-0.15, -0.1) is 0 Å². The van der Waals surface area contributed by atoms with E-state index in [9.17, 15) is 4.39 Å². The van der Waals surface area contributed by atoms with Crippen LogP contribution in [-0.4, -0.2) is 42.3 Å². The van der Waals surface area contributed by atoms with Crippen LogP contribution in [0.25, 0.3) is 0 Å². The molecule has 0 aliphatic rings. The molecule has 3 rings (SSSR count). The molecule has 0 atom stereocenters. The van der Waals surface area contributed by atoms with Gasteiger partial charge in [-0.1, -0.05) is 5.16 Å². The Morgan fingerprint density at radius 2 is 1.61 bits per heavy atom. The zero-order valence-electron chi connectivity index (χ0n) is 15.8. The minimum atomic E-state index is -0.312. The van der Waals surface area contributed by atoms with Crippen LogP contribution in [0.15, 0.2) is 53.1 Å². The number of methoxy groups -OCH3 is 1. The van der Waals surface area contributed by atoms with Crippen molar-refractivity contribution in [2.75, 3.05) is 27.3 Å². The van der Waals surface area contributed by atoms with Crippen molar-refractivity contribution in [3.05, 3.63) is 66.1 Å². The maximum absolute atomic E-state index is 12.9. The first kappa shape index (κ1) is 19.6. The summed E-state index contributed by atoms with van der Waals surface area (Å²) in [6.45, 7) is 1.86. The summed E-state index contributed by atoms with van der Waals surface area (Å²) in [5, 5.41) is 3.89. The number of halogens is 1. The number of hydrogen-bond donors (Lipinski definition) is 0. The van der Waals surface area contributed by atoms with Crippen LogP contribution in [0.5, 0.6) is 17.2 Å². The van der Waals surface area contributed by atoms with Crippen LogP contribution in [0.3, 0.4) is 0 Å². The minimum absolute atomic E-state index is 0.152. The molecule has 0 saturated heterocycles. The lowest BCUT2D eigenvalue weighted by molar-refractivity contribution is 0.212. The molecule has 0 aliphatic heterocycles. The number of likely N-dealkylation sites (N-methyl/N-ethyl adjacent to an activating group) is 1. The van der Waals surface area contributed by atoms with Crippen LogP contribution in [-0.2, 0) is 13.2 Å². The lowest BCUT2D eigenvalue weighted by atomic mass is 10.3. The van der Waals surface area contributed by atoms with Crippen molar-refractivity contribution in [3.8, 4) is 17.2 Å². The molecule has 0 N–H and O–H groups in total. The van der Waals surface area contributed by atoms with Gasteiger partial charge in [0.25, 0.3) is 0 Å². The fraction of sp³-hybridized carbons (Fsp3) is 0.300. The molecule has 148 valence electrons. The quantitative estimate of drug-likeness (QED) is 0.529. The molecule has 0 amide bonds. The third-order valence-corrected chi connectivity index (χ3v) is 3.90. The van der Waals surface area contributed by atoms with Gasteiger partial charge in [-0.2, -0.15) is 4.98 Å². The Kier molecular flexibility index (Phi) is 6.80. The van der Waals surface area contributed by atoms with Crippen molar-refractivity contribution in [2.24, 2.45) is 0 Å². The Labute approximate surface area is 162 Å². The number of aromatic nitrogens is 2. The monoisotopic (exact) mass is 387 g/mol. The van der Waals surface area contributed by atoms with Crippen LogP contribution >= 0.6 is 0 Å². The van der Waals surface area contributed by atoms with Crippen molar-refractivity contribution in [3.63, 3.8) is 0 Å². The highest BCUT2D eigenvalue weighted by atomic mass is 19.1. The molecular weight excluding hydrogens is 365 g/mol. The zero-order valence-corrected chi connectivity index (χ0v) is 15.8. The fourth-order valence-electron chi connectivity index (χ4n) is 2.39. The summed E-state index contributed by atoms with van der Waals surface area (Å²) in [5.41, 5.74) is 0. The van der Waals surface area contributed by atoms with Gasteiger partial charge < -0.3 is 18.7 Å². The van der Waals surface area contributed by atoms with Gasteiger partial charge in [0.05, 0.1) is 13.7 Å². The summed E-state index contributed by atoms with van der Waals surface area (Å²) in [7, 11) is 3.57. The molecule has 1 aromatic heterocycles. The average Bonchev–Trinajstić information content (AvgIpc) is 3.15. The molecule has 0 radical (unpaired) electrons. The Balaban J connectivity index is 1.39. The number of nitrogens with zero attached hydrogens (tertiary/aromatic N) is 3. The highest BCUT2D eigenvalue weighted by Gasteiger charge is 2.10. The molecule has 7 nitrogen and oxygen atoms in total. The molecule has 1 heterocycles. The minimum Gasteiger partial charge on any atom is -0.497 e. The Hall–Kier alpha value is -3.13. The van der Waals surface area contributed by atoms with E-state index in [1.165, 1.54) is 12.1 Å². The third kappa shape index (κ3) is 5.95. The summed E-state index contributed by atoms with van der Waals surface area (Å²) >= 11 is 0. The van der Waals surface area contributed by atoms with E-state index in [1.54, 1.807) is 19.2 Å². The molecular formula is C20H22FN3O4. The second-order valence-electron chi connectivity index (χ2n) is 6.11. The Bertz CT molecular complexity index is 853. The molecule has 3 aromatic rings. The lowest BCUT2D eigenvalue weighted by Crippen LogP contribution is -2.24. The van der Waals surface area contributed by atoms with E-state index >= 15 is 0 Å². The average molecular weight is 387 g/mol. The molecule has 0 bridgehead atoms. The first-order valence-corrected chi connectivity index (χ1v) is 8.77. The van der Waals surface area contributed by atoms with Crippen LogP contribution in [0.1, 0.15) is 11.7 Å². The van der Waals surface area contributed by atoms with Gasteiger partial charge in [0.2, 0.25) is 11.7 Å². The number of hydrogen-bond acceptors (Lipinski definition) is 7. The highest BCUT2D eigenvalue weighted by molar-refractivity contribution is 5.31. The summed E-state index contributed by atoms with van der Waals surface area (Å²) < 4.78 is 34.4. The molecule has 0 saturated carbocycles. The van der Waals surface area contributed by atoms with Crippen molar-refractivity contribution in [2.45, 2.75) is 13.2 Å². The van der Waals surface area contributed by atoms with E-state index in [0.29, 0.717) is 37.2 Å². The van der Waals surface area contributed by atoms with Crippen molar-refractivity contribution in [1.82, 2.24) is 15.0 Å². The Morgan fingerprint density at radius 3 is 2.32 bits per heavy atom. The third-order valence-electron chi connectivity index (χ3n) is 3.90. The summed E-state index contributed by atoms with van der Waals surface area (Å²) in [6, 6.07) is 13.2. The van der Waals surface area contributed by atoms with Gasteiger partial charge >= 0.3 is 0 Å². The normalized spacial score (nSPS) is 10.9. The van der Waals surface area contributed by atoms with Gasteiger partial charge in [-0.25, -0.2) is 4.39 Å². The molecule has 28 heavy (non-hydrogen) atoms. The summed E-state index contributed by atoms with van der Waals surface area (Å²) in [5.74, 6) is 2.73. The first-order chi connectivity index (χ1) is 13.6. The standard InChI is InChI=1S/C20H22FN3O4/c1-24(11-12-26-17-9-7-16(25-2)8-10-17)13-20-22-19(23-28-20)14-27-18-5-3-15(21)4-6-18/h3-10H,11-14H2,1-2H3. The highest BCUT2D eigenvalue weighted by Crippen LogP contribution is 2.17. The molecule has 0 spiro atoms. The fourth-order valence-corrected chi connectivity index (χ4v) is 2.39.